The molecule has 144 valence electrons. The molecule has 0 radical (unpaired) electrons. The van der Waals surface area contributed by atoms with E-state index in [1.807, 2.05) is 0 Å². The standard InChI is InChI=1S/C20H29ClFN3O/c1-3-5-14-6-8-16(9-7-14)24-12-15(11-23)17-13-25-19(21)10-18(17)26-20(22)4-2/h10-14,16,20H,3-9,23H2,1-2H3/b15-11+,24-12?. The van der Waals surface area contributed by atoms with Crippen molar-refractivity contribution in [1.82, 2.24) is 4.98 Å². The van der Waals surface area contributed by atoms with Crippen LogP contribution < -0.4 is 10.5 Å². The maximum Gasteiger partial charge on any atom is 0.238 e. The van der Waals surface area contributed by atoms with Crippen molar-refractivity contribution < 1.29 is 9.13 Å². The van der Waals surface area contributed by atoms with E-state index in [1.54, 1.807) is 19.3 Å². The molecule has 1 saturated carbocycles. The molecule has 0 amide bonds. The molecular weight excluding hydrogens is 353 g/mol. The summed E-state index contributed by atoms with van der Waals surface area (Å²) in [6.07, 6.45) is 10.8. The van der Waals surface area contributed by atoms with Gasteiger partial charge in [0.25, 0.3) is 0 Å². The highest BCUT2D eigenvalue weighted by Gasteiger charge is 2.20. The number of nitrogens with two attached hydrogens (primary N) is 1. The number of nitrogens with zero attached hydrogens (tertiary/aromatic N) is 2. The third kappa shape index (κ3) is 5.97. The zero-order valence-corrected chi connectivity index (χ0v) is 16.4. The van der Waals surface area contributed by atoms with E-state index in [1.165, 1.54) is 37.9 Å². The summed E-state index contributed by atoms with van der Waals surface area (Å²) in [5.41, 5.74) is 7.04. The molecule has 1 aliphatic carbocycles. The first-order valence-corrected chi connectivity index (χ1v) is 9.86. The van der Waals surface area contributed by atoms with Gasteiger partial charge in [-0.1, -0.05) is 38.3 Å². The Morgan fingerprint density at radius 3 is 2.77 bits per heavy atom. The molecule has 1 unspecified atom stereocenters. The molecule has 26 heavy (non-hydrogen) atoms. The number of rotatable bonds is 8. The van der Waals surface area contributed by atoms with E-state index < -0.39 is 6.36 Å². The van der Waals surface area contributed by atoms with Gasteiger partial charge >= 0.3 is 0 Å². The molecule has 1 atom stereocenters. The maximum atomic E-state index is 13.7. The van der Waals surface area contributed by atoms with Gasteiger partial charge in [0.05, 0.1) is 0 Å². The molecule has 1 fully saturated rings. The molecule has 1 aliphatic rings. The van der Waals surface area contributed by atoms with Crippen LogP contribution in [0.4, 0.5) is 4.39 Å². The van der Waals surface area contributed by atoms with Crippen molar-refractivity contribution in [1.29, 1.82) is 0 Å². The largest absolute Gasteiger partial charge is 0.460 e. The molecule has 0 aromatic carbocycles. The van der Waals surface area contributed by atoms with Gasteiger partial charge in [0.2, 0.25) is 6.36 Å². The van der Waals surface area contributed by atoms with Crippen molar-refractivity contribution >= 4 is 23.4 Å². The summed E-state index contributed by atoms with van der Waals surface area (Å²) in [4.78, 5) is 8.78. The zero-order valence-electron chi connectivity index (χ0n) is 15.6. The predicted molar refractivity (Wildman–Crippen MR) is 106 cm³/mol. The number of hydrogen-bond acceptors (Lipinski definition) is 4. The molecule has 2 N–H and O–H groups in total. The molecule has 2 rings (SSSR count). The van der Waals surface area contributed by atoms with Crippen LogP contribution in [-0.4, -0.2) is 23.6 Å². The highest BCUT2D eigenvalue weighted by molar-refractivity contribution is 6.29. The third-order valence-corrected chi connectivity index (χ3v) is 5.04. The average molecular weight is 382 g/mol. The van der Waals surface area contributed by atoms with Crippen LogP contribution in [0.15, 0.2) is 23.5 Å². The van der Waals surface area contributed by atoms with Crippen LogP contribution in [0, 0.1) is 5.92 Å². The van der Waals surface area contributed by atoms with Gasteiger partial charge in [0.15, 0.2) is 0 Å². The van der Waals surface area contributed by atoms with E-state index in [-0.39, 0.29) is 11.6 Å². The zero-order chi connectivity index (χ0) is 18.9. The number of ether oxygens (including phenoxy) is 1. The topological polar surface area (TPSA) is 60.5 Å². The number of allylic oxidation sites excluding steroid dienone is 1. The fourth-order valence-corrected chi connectivity index (χ4v) is 3.48. The molecule has 6 heteroatoms. The Morgan fingerprint density at radius 1 is 1.42 bits per heavy atom. The van der Waals surface area contributed by atoms with Gasteiger partial charge in [-0.3, -0.25) is 4.99 Å². The van der Waals surface area contributed by atoms with Crippen LogP contribution in [0.3, 0.4) is 0 Å². The van der Waals surface area contributed by atoms with E-state index in [0.29, 0.717) is 22.9 Å². The maximum absolute atomic E-state index is 13.7. The quantitative estimate of drug-likeness (QED) is 0.474. The van der Waals surface area contributed by atoms with Gasteiger partial charge in [-0.15, -0.1) is 0 Å². The lowest BCUT2D eigenvalue weighted by atomic mass is 9.84. The molecule has 1 aromatic rings. The van der Waals surface area contributed by atoms with Crippen molar-refractivity contribution in [3.8, 4) is 5.75 Å². The average Bonchev–Trinajstić information content (AvgIpc) is 2.65. The normalized spacial score (nSPS) is 22.5. The first kappa shape index (κ1) is 20.7. The van der Waals surface area contributed by atoms with Gasteiger partial charge in [-0.25, -0.2) is 9.37 Å². The Labute approximate surface area is 160 Å². The van der Waals surface area contributed by atoms with E-state index in [4.69, 9.17) is 27.1 Å². The van der Waals surface area contributed by atoms with Crippen molar-refractivity contribution in [2.24, 2.45) is 16.6 Å². The smallest absolute Gasteiger partial charge is 0.238 e. The number of aliphatic imine (C=N–C) groups is 1. The Hall–Kier alpha value is -1.62. The number of aromatic nitrogens is 1. The minimum atomic E-state index is -1.41. The highest BCUT2D eigenvalue weighted by Crippen LogP contribution is 2.31. The number of pyridine rings is 1. The Kier molecular flexibility index (Phi) is 8.36. The number of hydrogen-bond donors (Lipinski definition) is 1. The van der Waals surface area contributed by atoms with Crippen LogP contribution in [0.5, 0.6) is 5.75 Å². The van der Waals surface area contributed by atoms with Crippen molar-refractivity contribution in [2.45, 2.75) is 71.2 Å². The summed E-state index contributed by atoms with van der Waals surface area (Å²) < 4.78 is 19.0. The van der Waals surface area contributed by atoms with Crippen molar-refractivity contribution in [3.63, 3.8) is 0 Å². The summed E-state index contributed by atoms with van der Waals surface area (Å²) in [6, 6.07) is 1.82. The molecule has 0 aliphatic heterocycles. The van der Waals surface area contributed by atoms with E-state index in [2.05, 4.69) is 11.9 Å². The van der Waals surface area contributed by atoms with Gasteiger partial charge in [-0.2, -0.15) is 0 Å². The Bertz CT molecular complexity index is 627. The van der Waals surface area contributed by atoms with Crippen LogP contribution in [-0.2, 0) is 0 Å². The summed E-state index contributed by atoms with van der Waals surface area (Å²) in [5.74, 6) is 1.17. The van der Waals surface area contributed by atoms with Gasteiger partial charge in [-0.05, 0) is 31.6 Å². The number of halogens is 2. The second-order valence-corrected chi connectivity index (χ2v) is 7.19. The second-order valence-electron chi connectivity index (χ2n) is 6.80. The first-order chi connectivity index (χ1) is 12.6. The summed E-state index contributed by atoms with van der Waals surface area (Å²) >= 11 is 5.93. The molecule has 4 nitrogen and oxygen atoms in total. The fourth-order valence-electron chi connectivity index (χ4n) is 3.33. The molecule has 0 saturated heterocycles. The SMILES string of the molecule is CCCC1CCC(N=C/C(=C\N)c2cnc(Cl)cc2OC(F)CC)CC1. The van der Waals surface area contributed by atoms with Crippen LogP contribution >= 0.6 is 11.6 Å². The van der Waals surface area contributed by atoms with Crippen LogP contribution in [0.2, 0.25) is 5.15 Å². The number of alkyl halides is 1. The molecule has 1 heterocycles. The van der Waals surface area contributed by atoms with E-state index >= 15 is 0 Å². The minimum Gasteiger partial charge on any atom is -0.460 e. The molecule has 0 spiro atoms. The molecular formula is C20H29ClFN3O. The third-order valence-electron chi connectivity index (χ3n) is 4.84. The van der Waals surface area contributed by atoms with Crippen molar-refractivity contribution in [2.75, 3.05) is 0 Å². The highest BCUT2D eigenvalue weighted by atomic mass is 35.5. The van der Waals surface area contributed by atoms with Gasteiger partial charge < -0.3 is 10.5 Å². The minimum absolute atomic E-state index is 0.245. The summed E-state index contributed by atoms with van der Waals surface area (Å²) in [6.45, 7) is 3.95. The Morgan fingerprint density at radius 2 is 2.15 bits per heavy atom. The van der Waals surface area contributed by atoms with Gasteiger partial charge in [0.1, 0.15) is 10.9 Å². The fraction of sp³-hybridized carbons (Fsp3) is 0.600. The Balaban J connectivity index is 2.09. The van der Waals surface area contributed by atoms with E-state index in [9.17, 15) is 4.39 Å². The lowest BCUT2D eigenvalue weighted by Gasteiger charge is -2.25. The lowest BCUT2D eigenvalue weighted by molar-refractivity contribution is 0.0638. The van der Waals surface area contributed by atoms with E-state index in [0.717, 1.165) is 18.8 Å². The van der Waals surface area contributed by atoms with Crippen molar-refractivity contribution in [3.05, 3.63) is 29.2 Å². The summed E-state index contributed by atoms with van der Waals surface area (Å²) in [5, 5.41) is 0.245. The molecule has 1 aromatic heterocycles. The second kappa shape index (κ2) is 10.5. The predicted octanol–water partition coefficient (Wildman–Crippen LogP) is 5.55. The van der Waals surface area contributed by atoms with Crippen LogP contribution in [0.25, 0.3) is 5.57 Å². The summed E-state index contributed by atoms with van der Waals surface area (Å²) in [7, 11) is 0. The van der Waals surface area contributed by atoms with Gasteiger partial charge in [0, 0.05) is 48.3 Å². The lowest BCUT2D eigenvalue weighted by Crippen LogP contribution is -2.17. The molecule has 0 bridgehead atoms. The first-order valence-electron chi connectivity index (χ1n) is 9.49. The van der Waals surface area contributed by atoms with Crippen LogP contribution in [0.1, 0.15) is 64.4 Å². The monoisotopic (exact) mass is 381 g/mol.